The zero-order valence-corrected chi connectivity index (χ0v) is 6.27. The fourth-order valence-electron chi connectivity index (χ4n) is 0.565. The van der Waals surface area contributed by atoms with Crippen LogP contribution in [0.1, 0.15) is 5.56 Å². The molecule has 1 N–H and O–H groups in total. The standard InChI is InChI=1S/C8H8OS/c9-5-2-1-3-8-4-6-10-7-8/h2-4,6-7,9H,5H2. The van der Waals surface area contributed by atoms with Crippen LogP contribution >= 0.6 is 11.3 Å². The van der Waals surface area contributed by atoms with Crippen molar-refractivity contribution in [2.24, 2.45) is 0 Å². The smallest absolute Gasteiger partial charge is 0.0686 e. The van der Waals surface area contributed by atoms with E-state index in [0.29, 0.717) is 0 Å². The van der Waals surface area contributed by atoms with E-state index in [1.807, 2.05) is 22.9 Å². The summed E-state index contributed by atoms with van der Waals surface area (Å²) in [5.41, 5.74) is 3.98. The molecule has 10 heavy (non-hydrogen) atoms. The molecule has 0 unspecified atom stereocenters. The van der Waals surface area contributed by atoms with Gasteiger partial charge in [0.2, 0.25) is 0 Å². The van der Waals surface area contributed by atoms with Crippen molar-refractivity contribution in [1.82, 2.24) is 0 Å². The third-order valence-electron chi connectivity index (χ3n) is 1.00. The van der Waals surface area contributed by atoms with Crippen LogP contribution in [0.4, 0.5) is 0 Å². The molecule has 0 spiro atoms. The maximum atomic E-state index is 8.36. The van der Waals surface area contributed by atoms with Gasteiger partial charge in [-0.15, -0.1) is 5.73 Å². The molecule has 2 heteroatoms. The van der Waals surface area contributed by atoms with Crippen LogP contribution in [0.25, 0.3) is 6.08 Å². The predicted octanol–water partition coefficient (Wildman–Crippen LogP) is 1.91. The highest BCUT2D eigenvalue weighted by Gasteiger charge is 1.80. The molecule has 0 amide bonds. The molecule has 1 heterocycles. The second-order valence-electron chi connectivity index (χ2n) is 1.75. The fraction of sp³-hybridized carbons (Fsp3) is 0.125. The van der Waals surface area contributed by atoms with Gasteiger partial charge in [-0.1, -0.05) is 0 Å². The van der Waals surface area contributed by atoms with Crippen LogP contribution in [0.3, 0.4) is 0 Å². The molecule has 0 saturated carbocycles. The monoisotopic (exact) mass is 152 g/mol. The lowest BCUT2D eigenvalue weighted by Gasteiger charge is -1.74. The summed E-state index contributed by atoms with van der Waals surface area (Å²) in [6.07, 6.45) is 3.42. The number of rotatable bonds is 2. The highest BCUT2D eigenvalue weighted by Crippen LogP contribution is 2.06. The summed E-state index contributed by atoms with van der Waals surface area (Å²) < 4.78 is 0. The normalized spacial score (nSPS) is 8.50. The zero-order chi connectivity index (χ0) is 7.23. The van der Waals surface area contributed by atoms with Crippen LogP contribution in [-0.4, -0.2) is 11.7 Å². The van der Waals surface area contributed by atoms with Gasteiger partial charge in [-0.3, -0.25) is 0 Å². The molecular weight excluding hydrogens is 144 g/mol. The Balaban J connectivity index is 2.63. The largest absolute Gasteiger partial charge is 0.392 e. The first-order valence-electron chi connectivity index (χ1n) is 2.97. The summed E-state index contributed by atoms with van der Waals surface area (Å²) in [6.45, 7) is 0.0562. The molecule has 0 radical (unpaired) electrons. The van der Waals surface area contributed by atoms with Crippen LogP contribution in [0, 0.1) is 0 Å². The van der Waals surface area contributed by atoms with E-state index in [-0.39, 0.29) is 6.61 Å². The van der Waals surface area contributed by atoms with Gasteiger partial charge in [0.15, 0.2) is 0 Å². The molecule has 0 aromatic carbocycles. The number of hydrogen-bond donors (Lipinski definition) is 1. The van der Waals surface area contributed by atoms with Gasteiger partial charge in [-0.05, 0) is 34.5 Å². The minimum absolute atomic E-state index is 0.0562. The minimum Gasteiger partial charge on any atom is -0.392 e. The Morgan fingerprint density at radius 1 is 1.70 bits per heavy atom. The molecule has 1 aromatic heterocycles. The molecule has 1 nitrogen and oxygen atoms in total. The van der Waals surface area contributed by atoms with Crippen LogP contribution in [0.2, 0.25) is 0 Å². The number of hydrogen-bond acceptors (Lipinski definition) is 2. The molecule has 1 aromatic rings. The predicted molar refractivity (Wildman–Crippen MR) is 44.0 cm³/mol. The van der Waals surface area contributed by atoms with Crippen molar-refractivity contribution in [3.05, 3.63) is 34.2 Å². The van der Waals surface area contributed by atoms with Gasteiger partial charge in [-0.25, -0.2) is 0 Å². The third-order valence-corrected chi connectivity index (χ3v) is 1.70. The molecular formula is C8H8OS. The van der Waals surface area contributed by atoms with Gasteiger partial charge >= 0.3 is 0 Å². The Bertz CT molecular complexity index is 230. The van der Waals surface area contributed by atoms with Crippen molar-refractivity contribution in [3.8, 4) is 0 Å². The summed E-state index contributed by atoms with van der Waals surface area (Å²) in [5.74, 6) is 0. The second kappa shape index (κ2) is 4.07. The van der Waals surface area contributed by atoms with E-state index in [4.69, 9.17) is 5.11 Å². The summed E-state index contributed by atoms with van der Waals surface area (Å²) >= 11 is 1.65. The molecule has 0 atom stereocenters. The van der Waals surface area contributed by atoms with Crippen LogP contribution in [0.5, 0.6) is 0 Å². The van der Waals surface area contributed by atoms with E-state index in [1.54, 1.807) is 17.4 Å². The van der Waals surface area contributed by atoms with Crippen LogP contribution in [-0.2, 0) is 0 Å². The van der Waals surface area contributed by atoms with Gasteiger partial charge < -0.3 is 5.11 Å². The van der Waals surface area contributed by atoms with E-state index < -0.39 is 0 Å². The first-order chi connectivity index (χ1) is 4.93. The number of thiophene rings is 1. The van der Waals surface area contributed by atoms with Crippen LogP contribution in [0.15, 0.2) is 28.6 Å². The highest BCUT2D eigenvalue weighted by molar-refractivity contribution is 7.08. The summed E-state index contributed by atoms with van der Waals surface area (Å²) in [5, 5.41) is 12.4. The topological polar surface area (TPSA) is 20.2 Å². The Kier molecular flexibility index (Phi) is 2.97. The Morgan fingerprint density at radius 2 is 2.60 bits per heavy atom. The van der Waals surface area contributed by atoms with Gasteiger partial charge in [0.25, 0.3) is 0 Å². The number of aliphatic hydroxyl groups is 1. The van der Waals surface area contributed by atoms with Crippen molar-refractivity contribution >= 4 is 17.4 Å². The Hall–Kier alpha value is -0.820. The second-order valence-corrected chi connectivity index (χ2v) is 2.53. The molecule has 0 bridgehead atoms. The molecule has 0 aliphatic carbocycles. The molecule has 1 rings (SSSR count). The fourth-order valence-corrected chi connectivity index (χ4v) is 1.18. The summed E-state index contributed by atoms with van der Waals surface area (Å²) in [4.78, 5) is 0. The summed E-state index contributed by atoms with van der Waals surface area (Å²) in [7, 11) is 0. The Morgan fingerprint density at radius 3 is 3.20 bits per heavy atom. The van der Waals surface area contributed by atoms with Crippen molar-refractivity contribution in [3.63, 3.8) is 0 Å². The van der Waals surface area contributed by atoms with Crippen molar-refractivity contribution in [2.75, 3.05) is 6.61 Å². The van der Waals surface area contributed by atoms with E-state index in [1.165, 1.54) is 0 Å². The van der Waals surface area contributed by atoms with Crippen molar-refractivity contribution in [1.29, 1.82) is 0 Å². The third kappa shape index (κ3) is 2.19. The van der Waals surface area contributed by atoms with Crippen LogP contribution < -0.4 is 0 Å². The lowest BCUT2D eigenvalue weighted by Crippen LogP contribution is -1.65. The average Bonchev–Trinajstić information content (AvgIpc) is 2.41. The molecule has 0 aliphatic rings. The van der Waals surface area contributed by atoms with E-state index in [2.05, 4.69) is 5.73 Å². The van der Waals surface area contributed by atoms with E-state index in [9.17, 15) is 0 Å². The highest BCUT2D eigenvalue weighted by atomic mass is 32.1. The molecule has 0 fully saturated rings. The van der Waals surface area contributed by atoms with Gasteiger partial charge in [0.05, 0.1) is 6.61 Å². The lowest BCUT2D eigenvalue weighted by molar-refractivity contribution is 0.343. The quantitative estimate of drug-likeness (QED) is 0.642. The number of aliphatic hydroxyl groups excluding tert-OH is 1. The Labute approximate surface area is 63.9 Å². The van der Waals surface area contributed by atoms with Crippen molar-refractivity contribution in [2.45, 2.75) is 0 Å². The SMILES string of the molecule is OCC=C=Cc1ccsc1. The minimum atomic E-state index is 0.0562. The zero-order valence-electron chi connectivity index (χ0n) is 5.45. The first kappa shape index (κ1) is 7.29. The lowest BCUT2D eigenvalue weighted by atomic mass is 10.3. The maximum Gasteiger partial charge on any atom is 0.0686 e. The maximum absolute atomic E-state index is 8.36. The molecule has 0 aliphatic heterocycles. The van der Waals surface area contributed by atoms with Gasteiger partial charge in [-0.2, -0.15) is 11.3 Å². The van der Waals surface area contributed by atoms with E-state index in [0.717, 1.165) is 5.56 Å². The summed E-state index contributed by atoms with van der Waals surface area (Å²) in [6, 6.07) is 2.00. The molecule has 52 valence electrons. The van der Waals surface area contributed by atoms with Gasteiger partial charge in [0, 0.05) is 0 Å². The average molecular weight is 152 g/mol. The van der Waals surface area contributed by atoms with E-state index >= 15 is 0 Å². The molecule has 0 saturated heterocycles. The van der Waals surface area contributed by atoms with Crippen molar-refractivity contribution < 1.29 is 5.11 Å². The van der Waals surface area contributed by atoms with Gasteiger partial charge in [0.1, 0.15) is 0 Å². The first-order valence-corrected chi connectivity index (χ1v) is 3.92.